The molecule has 5 heteroatoms. The SMILES string of the molecule is CCCN(Cc1ccccc1)CN1C(=O)NC2(CCCCc3ccccc32)C1=O. The summed E-state index contributed by atoms with van der Waals surface area (Å²) < 4.78 is 0. The molecule has 2 aromatic carbocycles. The van der Waals surface area contributed by atoms with Crippen molar-refractivity contribution < 1.29 is 9.59 Å². The minimum Gasteiger partial charge on any atom is -0.319 e. The molecule has 152 valence electrons. The molecular weight excluding hydrogens is 362 g/mol. The van der Waals surface area contributed by atoms with Crippen molar-refractivity contribution in [1.29, 1.82) is 0 Å². The number of amides is 3. The monoisotopic (exact) mass is 391 g/mol. The molecule has 4 rings (SSSR count). The maximum atomic E-state index is 13.6. The quantitative estimate of drug-likeness (QED) is 0.757. The molecule has 1 atom stereocenters. The van der Waals surface area contributed by atoms with Gasteiger partial charge in [-0.15, -0.1) is 0 Å². The minimum absolute atomic E-state index is 0.106. The van der Waals surface area contributed by atoms with Gasteiger partial charge in [0.1, 0.15) is 5.54 Å². The van der Waals surface area contributed by atoms with Gasteiger partial charge in [0.2, 0.25) is 0 Å². The van der Waals surface area contributed by atoms with E-state index in [1.54, 1.807) is 0 Å². The fourth-order valence-electron chi connectivity index (χ4n) is 4.66. The van der Waals surface area contributed by atoms with Gasteiger partial charge in [-0.1, -0.05) is 61.5 Å². The molecule has 1 heterocycles. The zero-order chi connectivity index (χ0) is 20.3. The normalized spacial score (nSPS) is 21.4. The van der Waals surface area contributed by atoms with Gasteiger partial charge < -0.3 is 5.32 Å². The number of urea groups is 1. The number of nitrogens with zero attached hydrogens (tertiary/aromatic N) is 2. The summed E-state index contributed by atoms with van der Waals surface area (Å²) in [6.07, 6.45) is 4.55. The Morgan fingerprint density at radius 3 is 2.59 bits per heavy atom. The maximum absolute atomic E-state index is 13.6. The number of nitrogens with one attached hydrogen (secondary N) is 1. The highest BCUT2D eigenvalue weighted by Crippen LogP contribution is 2.39. The first-order valence-corrected chi connectivity index (χ1v) is 10.6. The minimum atomic E-state index is -0.908. The molecule has 5 nitrogen and oxygen atoms in total. The standard InChI is InChI=1S/C24H29N3O2/c1-2-16-26(17-19-10-4-3-5-11-19)18-27-22(28)24(25-23(27)29)15-9-8-13-20-12-6-7-14-21(20)24/h3-7,10-12,14H,2,8-9,13,15-18H2,1H3,(H,25,29). The first-order chi connectivity index (χ1) is 14.1. The van der Waals surface area contributed by atoms with Gasteiger partial charge in [-0.05, 0) is 55.3 Å². The third-order valence-corrected chi connectivity index (χ3v) is 6.03. The predicted molar refractivity (Wildman–Crippen MR) is 113 cm³/mol. The average Bonchev–Trinajstić information content (AvgIpc) is 2.87. The second-order valence-electron chi connectivity index (χ2n) is 8.11. The van der Waals surface area contributed by atoms with E-state index in [1.165, 1.54) is 16.0 Å². The van der Waals surface area contributed by atoms with Crippen molar-refractivity contribution in [3.05, 3.63) is 71.3 Å². The van der Waals surface area contributed by atoms with Crippen molar-refractivity contribution >= 4 is 11.9 Å². The number of carbonyl (C=O) groups is 2. The molecule has 2 aliphatic rings. The summed E-state index contributed by atoms with van der Waals surface area (Å²) >= 11 is 0. The predicted octanol–water partition coefficient (Wildman–Crippen LogP) is 4.03. The Balaban J connectivity index is 1.59. The summed E-state index contributed by atoms with van der Waals surface area (Å²) in [6.45, 7) is 3.98. The van der Waals surface area contributed by atoms with Crippen LogP contribution in [0.2, 0.25) is 0 Å². The zero-order valence-electron chi connectivity index (χ0n) is 17.1. The van der Waals surface area contributed by atoms with Gasteiger partial charge in [-0.2, -0.15) is 0 Å². The summed E-state index contributed by atoms with van der Waals surface area (Å²) in [5.41, 5.74) is 2.43. The third-order valence-electron chi connectivity index (χ3n) is 6.03. The van der Waals surface area contributed by atoms with Crippen LogP contribution in [0.25, 0.3) is 0 Å². The Morgan fingerprint density at radius 2 is 1.79 bits per heavy atom. The van der Waals surface area contributed by atoms with Gasteiger partial charge in [0, 0.05) is 6.54 Å². The van der Waals surface area contributed by atoms with Crippen LogP contribution in [0.3, 0.4) is 0 Å². The number of carbonyl (C=O) groups excluding carboxylic acids is 2. The molecule has 1 aliphatic heterocycles. The molecule has 1 unspecified atom stereocenters. The summed E-state index contributed by atoms with van der Waals surface area (Å²) in [6, 6.07) is 18.0. The molecule has 1 spiro atoms. The maximum Gasteiger partial charge on any atom is 0.326 e. The van der Waals surface area contributed by atoms with Crippen LogP contribution in [0, 0.1) is 0 Å². The van der Waals surface area contributed by atoms with E-state index in [2.05, 4.69) is 35.3 Å². The van der Waals surface area contributed by atoms with Crippen LogP contribution < -0.4 is 5.32 Å². The highest BCUT2D eigenvalue weighted by molar-refractivity contribution is 6.07. The van der Waals surface area contributed by atoms with Crippen LogP contribution in [-0.4, -0.2) is 35.0 Å². The lowest BCUT2D eigenvalue weighted by Gasteiger charge is -2.29. The smallest absolute Gasteiger partial charge is 0.319 e. The van der Waals surface area contributed by atoms with Crippen molar-refractivity contribution in [1.82, 2.24) is 15.1 Å². The molecule has 1 fully saturated rings. The van der Waals surface area contributed by atoms with Crippen molar-refractivity contribution in [2.45, 2.75) is 51.1 Å². The van der Waals surface area contributed by atoms with Crippen molar-refractivity contribution in [3.8, 4) is 0 Å². The molecule has 0 bridgehead atoms. The van der Waals surface area contributed by atoms with Crippen LogP contribution >= 0.6 is 0 Å². The van der Waals surface area contributed by atoms with E-state index in [-0.39, 0.29) is 11.9 Å². The van der Waals surface area contributed by atoms with Crippen LogP contribution in [0.15, 0.2) is 54.6 Å². The van der Waals surface area contributed by atoms with Gasteiger partial charge in [-0.3, -0.25) is 9.69 Å². The largest absolute Gasteiger partial charge is 0.326 e. The van der Waals surface area contributed by atoms with E-state index in [1.807, 2.05) is 36.4 Å². The molecular formula is C24H29N3O2. The van der Waals surface area contributed by atoms with Gasteiger partial charge >= 0.3 is 6.03 Å². The Kier molecular flexibility index (Phi) is 5.67. The van der Waals surface area contributed by atoms with Crippen molar-refractivity contribution in [3.63, 3.8) is 0 Å². The van der Waals surface area contributed by atoms with Gasteiger partial charge in [-0.25, -0.2) is 9.69 Å². The van der Waals surface area contributed by atoms with E-state index in [0.717, 1.165) is 44.3 Å². The van der Waals surface area contributed by atoms with Crippen LogP contribution in [0.5, 0.6) is 0 Å². The van der Waals surface area contributed by atoms with Crippen molar-refractivity contribution in [2.24, 2.45) is 0 Å². The molecule has 0 radical (unpaired) electrons. The average molecular weight is 392 g/mol. The number of imide groups is 1. The van der Waals surface area contributed by atoms with Crippen LogP contribution in [-0.2, 0) is 23.3 Å². The Labute approximate surface area is 172 Å². The lowest BCUT2D eigenvalue weighted by atomic mass is 9.84. The molecule has 1 aliphatic carbocycles. The first kappa shape index (κ1) is 19.6. The summed E-state index contributed by atoms with van der Waals surface area (Å²) in [4.78, 5) is 30.1. The highest BCUT2D eigenvalue weighted by atomic mass is 16.2. The number of fused-ring (bicyclic) bond motifs is 2. The summed E-state index contributed by atoms with van der Waals surface area (Å²) in [7, 11) is 0. The third kappa shape index (κ3) is 3.79. The van der Waals surface area contributed by atoms with E-state index in [0.29, 0.717) is 13.1 Å². The van der Waals surface area contributed by atoms with Gasteiger partial charge in [0.15, 0.2) is 0 Å². The molecule has 3 amide bonds. The molecule has 2 aromatic rings. The Morgan fingerprint density at radius 1 is 1.03 bits per heavy atom. The van der Waals surface area contributed by atoms with Gasteiger partial charge in [0.05, 0.1) is 6.67 Å². The number of aryl methyl sites for hydroxylation is 1. The van der Waals surface area contributed by atoms with Crippen LogP contribution in [0.1, 0.15) is 49.3 Å². The Bertz CT molecular complexity index is 883. The first-order valence-electron chi connectivity index (χ1n) is 10.6. The lowest BCUT2D eigenvalue weighted by molar-refractivity contribution is -0.133. The topological polar surface area (TPSA) is 52.6 Å². The second-order valence-corrected chi connectivity index (χ2v) is 8.11. The fraction of sp³-hybridized carbons (Fsp3) is 0.417. The molecule has 0 aromatic heterocycles. The highest BCUT2D eigenvalue weighted by Gasteiger charge is 2.53. The molecule has 0 saturated carbocycles. The molecule has 1 N–H and O–H groups in total. The van der Waals surface area contributed by atoms with E-state index >= 15 is 0 Å². The van der Waals surface area contributed by atoms with Gasteiger partial charge in [0.25, 0.3) is 5.91 Å². The molecule has 29 heavy (non-hydrogen) atoms. The Hall–Kier alpha value is -2.66. The number of hydrogen-bond donors (Lipinski definition) is 1. The van der Waals surface area contributed by atoms with E-state index < -0.39 is 5.54 Å². The number of hydrogen-bond acceptors (Lipinski definition) is 3. The second kappa shape index (κ2) is 8.37. The lowest BCUT2D eigenvalue weighted by Crippen LogP contribution is -2.45. The fourth-order valence-corrected chi connectivity index (χ4v) is 4.66. The van der Waals surface area contributed by atoms with Crippen molar-refractivity contribution in [2.75, 3.05) is 13.2 Å². The van der Waals surface area contributed by atoms with E-state index in [4.69, 9.17) is 0 Å². The number of rotatable bonds is 6. The summed E-state index contributed by atoms with van der Waals surface area (Å²) in [5, 5.41) is 3.09. The number of benzene rings is 2. The summed E-state index contributed by atoms with van der Waals surface area (Å²) in [5.74, 6) is -0.106. The van der Waals surface area contributed by atoms with Crippen LogP contribution in [0.4, 0.5) is 4.79 Å². The zero-order valence-corrected chi connectivity index (χ0v) is 17.1. The van der Waals surface area contributed by atoms with E-state index in [9.17, 15) is 9.59 Å². The molecule has 1 saturated heterocycles.